The molecule has 1 amide bonds. The molecule has 0 aromatic heterocycles. The van der Waals surface area contributed by atoms with Gasteiger partial charge in [-0.2, -0.15) is 0 Å². The van der Waals surface area contributed by atoms with Gasteiger partial charge in [-0.15, -0.1) is 0 Å². The maximum atomic E-state index is 12.0. The Hall–Kier alpha value is -0.610. The molecule has 2 fully saturated rings. The fourth-order valence-electron chi connectivity index (χ4n) is 2.48. The van der Waals surface area contributed by atoms with E-state index in [0.29, 0.717) is 5.92 Å². The van der Waals surface area contributed by atoms with E-state index >= 15 is 0 Å². The van der Waals surface area contributed by atoms with Gasteiger partial charge in [0.15, 0.2) is 0 Å². The first-order valence-corrected chi connectivity index (χ1v) is 6.36. The third kappa shape index (κ3) is 2.95. The van der Waals surface area contributed by atoms with Gasteiger partial charge in [-0.3, -0.25) is 4.79 Å². The van der Waals surface area contributed by atoms with Crippen LogP contribution in [0.25, 0.3) is 0 Å². The summed E-state index contributed by atoms with van der Waals surface area (Å²) >= 11 is 0. The third-order valence-electron chi connectivity index (χ3n) is 3.71. The highest BCUT2D eigenvalue weighted by Crippen LogP contribution is 2.17. The lowest BCUT2D eigenvalue weighted by Gasteiger charge is -2.26. The number of rotatable bonds is 3. The van der Waals surface area contributed by atoms with Crippen molar-refractivity contribution in [3.8, 4) is 0 Å². The van der Waals surface area contributed by atoms with E-state index < -0.39 is 0 Å². The Morgan fingerprint density at radius 3 is 3.00 bits per heavy atom. The molecule has 2 aliphatic rings. The predicted molar refractivity (Wildman–Crippen MR) is 62.1 cm³/mol. The van der Waals surface area contributed by atoms with E-state index in [0.717, 1.165) is 45.6 Å². The lowest BCUT2D eigenvalue weighted by Crippen LogP contribution is -2.45. The molecular formula is C12H22N2O2. The van der Waals surface area contributed by atoms with Crippen LogP contribution in [0.1, 0.15) is 26.2 Å². The van der Waals surface area contributed by atoms with E-state index in [4.69, 9.17) is 4.74 Å². The van der Waals surface area contributed by atoms with E-state index in [2.05, 4.69) is 17.6 Å². The summed E-state index contributed by atoms with van der Waals surface area (Å²) in [7, 11) is 0. The van der Waals surface area contributed by atoms with Crippen molar-refractivity contribution in [2.45, 2.75) is 32.2 Å². The summed E-state index contributed by atoms with van der Waals surface area (Å²) in [6.07, 6.45) is 3.20. The highest BCUT2D eigenvalue weighted by atomic mass is 16.5. The zero-order valence-electron chi connectivity index (χ0n) is 10.00. The molecule has 16 heavy (non-hydrogen) atoms. The lowest BCUT2D eigenvalue weighted by atomic mass is 9.96. The molecule has 0 bridgehead atoms. The number of ether oxygens (including phenoxy) is 1. The van der Waals surface area contributed by atoms with Crippen LogP contribution < -0.4 is 10.6 Å². The van der Waals surface area contributed by atoms with Crippen molar-refractivity contribution >= 4 is 5.91 Å². The number of hydrogen-bond donors (Lipinski definition) is 2. The molecule has 0 spiro atoms. The van der Waals surface area contributed by atoms with Crippen molar-refractivity contribution in [1.29, 1.82) is 0 Å². The van der Waals surface area contributed by atoms with Gasteiger partial charge in [0.05, 0.1) is 12.5 Å². The summed E-state index contributed by atoms with van der Waals surface area (Å²) in [6.45, 7) is 5.61. The Bertz CT molecular complexity index is 233. The first-order chi connectivity index (χ1) is 7.77. The van der Waals surface area contributed by atoms with E-state index in [-0.39, 0.29) is 17.9 Å². The van der Waals surface area contributed by atoms with Crippen molar-refractivity contribution < 1.29 is 9.53 Å². The van der Waals surface area contributed by atoms with Crippen LogP contribution in [-0.4, -0.2) is 38.3 Å². The maximum Gasteiger partial charge on any atom is 0.224 e. The first-order valence-electron chi connectivity index (χ1n) is 6.36. The first kappa shape index (κ1) is 11.9. The molecule has 2 unspecified atom stereocenters. The molecule has 0 radical (unpaired) electrons. The highest BCUT2D eigenvalue weighted by Gasteiger charge is 2.27. The van der Waals surface area contributed by atoms with Crippen LogP contribution in [0.4, 0.5) is 0 Å². The van der Waals surface area contributed by atoms with Gasteiger partial charge >= 0.3 is 0 Å². The summed E-state index contributed by atoms with van der Waals surface area (Å²) in [6, 6.07) is 0.247. The van der Waals surface area contributed by atoms with Crippen molar-refractivity contribution in [1.82, 2.24) is 10.6 Å². The summed E-state index contributed by atoms with van der Waals surface area (Å²) in [5.74, 6) is 0.880. The van der Waals surface area contributed by atoms with E-state index in [1.807, 2.05) is 0 Å². The average Bonchev–Trinajstić information content (AvgIpc) is 2.83. The van der Waals surface area contributed by atoms with Gasteiger partial charge in [-0.1, -0.05) is 0 Å². The van der Waals surface area contributed by atoms with Crippen LogP contribution >= 0.6 is 0 Å². The van der Waals surface area contributed by atoms with Crippen molar-refractivity contribution in [2.75, 3.05) is 26.3 Å². The van der Waals surface area contributed by atoms with Gasteiger partial charge in [0, 0.05) is 25.1 Å². The standard InChI is InChI=1S/C12H22N2O2/c1-9(11-4-6-16-8-11)14-12(15)10-3-2-5-13-7-10/h9-11,13H,2-8H2,1H3,(H,14,15)/t9?,10-,11?/m0/s1. The minimum absolute atomic E-state index is 0.165. The van der Waals surface area contributed by atoms with Crippen LogP contribution in [0, 0.1) is 11.8 Å². The van der Waals surface area contributed by atoms with Gasteiger partial charge in [-0.25, -0.2) is 0 Å². The zero-order valence-corrected chi connectivity index (χ0v) is 10.00. The number of carbonyl (C=O) groups is 1. The fraction of sp³-hybridized carbons (Fsp3) is 0.917. The molecule has 2 aliphatic heterocycles. The second-order valence-corrected chi connectivity index (χ2v) is 4.96. The molecular weight excluding hydrogens is 204 g/mol. The zero-order chi connectivity index (χ0) is 11.4. The number of amides is 1. The lowest BCUT2D eigenvalue weighted by molar-refractivity contribution is -0.126. The monoisotopic (exact) mass is 226 g/mol. The summed E-state index contributed by atoms with van der Waals surface area (Å²) in [5, 5.41) is 6.41. The molecule has 0 aliphatic carbocycles. The highest BCUT2D eigenvalue weighted by molar-refractivity contribution is 5.79. The Kier molecular flexibility index (Phi) is 4.18. The van der Waals surface area contributed by atoms with E-state index in [1.54, 1.807) is 0 Å². The molecule has 2 N–H and O–H groups in total. The van der Waals surface area contributed by atoms with E-state index in [9.17, 15) is 4.79 Å². The van der Waals surface area contributed by atoms with Gasteiger partial charge in [-0.05, 0) is 32.7 Å². The van der Waals surface area contributed by atoms with Gasteiger partial charge in [0.1, 0.15) is 0 Å². The summed E-state index contributed by atoms with van der Waals surface area (Å²) in [5.41, 5.74) is 0. The van der Waals surface area contributed by atoms with Crippen molar-refractivity contribution in [2.24, 2.45) is 11.8 Å². The van der Waals surface area contributed by atoms with Crippen LogP contribution in [-0.2, 0) is 9.53 Å². The van der Waals surface area contributed by atoms with Crippen LogP contribution in [0.2, 0.25) is 0 Å². The molecule has 2 rings (SSSR count). The Morgan fingerprint density at radius 2 is 2.38 bits per heavy atom. The number of nitrogens with one attached hydrogen (secondary N) is 2. The normalized spacial score (nSPS) is 32.3. The quantitative estimate of drug-likeness (QED) is 0.738. The van der Waals surface area contributed by atoms with Crippen molar-refractivity contribution in [3.63, 3.8) is 0 Å². The second-order valence-electron chi connectivity index (χ2n) is 4.96. The molecule has 0 aromatic rings. The largest absolute Gasteiger partial charge is 0.381 e. The molecule has 2 heterocycles. The molecule has 4 heteroatoms. The predicted octanol–water partition coefficient (Wildman–Crippen LogP) is 0.527. The van der Waals surface area contributed by atoms with Crippen molar-refractivity contribution in [3.05, 3.63) is 0 Å². The number of hydrogen-bond acceptors (Lipinski definition) is 3. The Labute approximate surface area is 97.1 Å². The topological polar surface area (TPSA) is 50.4 Å². The average molecular weight is 226 g/mol. The Balaban J connectivity index is 1.76. The minimum Gasteiger partial charge on any atom is -0.381 e. The van der Waals surface area contributed by atoms with Crippen LogP contribution in [0.15, 0.2) is 0 Å². The molecule has 92 valence electrons. The summed E-state index contributed by atoms with van der Waals surface area (Å²) < 4.78 is 5.34. The van der Waals surface area contributed by atoms with Crippen LogP contribution in [0.3, 0.4) is 0 Å². The Morgan fingerprint density at radius 1 is 1.50 bits per heavy atom. The fourth-order valence-corrected chi connectivity index (χ4v) is 2.48. The smallest absolute Gasteiger partial charge is 0.224 e. The molecule has 4 nitrogen and oxygen atoms in total. The molecule has 0 saturated carbocycles. The minimum atomic E-state index is 0.165. The molecule has 2 saturated heterocycles. The number of piperidine rings is 1. The number of carbonyl (C=O) groups excluding carboxylic acids is 1. The SMILES string of the molecule is CC(NC(=O)[C@H]1CCCNC1)C1CCOC1. The molecule has 0 aromatic carbocycles. The van der Waals surface area contributed by atoms with Crippen LogP contribution in [0.5, 0.6) is 0 Å². The second kappa shape index (κ2) is 5.64. The van der Waals surface area contributed by atoms with Gasteiger partial charge in [0.25, 0.3) is 0 Å². The van der Waals surface area contributed by atoms with Gasteiger partial charge < -0.3 is 15.4 Å². The van der Waals surface area contributed by atoms with E-state index in [1.165, 1.54) is 0 Å². The summed E-state index contributed by atoms with van der Waals surface area (Å²) in [4.78, 5) is 12.0. The third-order valence-corrected chi connectivity index (χ3v) is 3.71. The maximum absolute atomic E-state index is 12.0. The molecule has 3 atom stereocenters. The van der Waals surface area contributed by atoms with Gasteiger partial charge in [0.2, 0.25) is 5.91 Å².